The topological polar surface area (TPSA) is 29.3 Å². The molecule has 0 aromatic heterocycles. The summed E-state index contributed by atoms with van der Waals surface area (Å²) >= 11 is 0. The third kappa shape index (κ3) is 3.72. The fraction of sp³-hybridized carbons (Fsp3) is 0.647. The van der Waals surface area contributed by atoms with Gasteiger partial charge < -0.3 is 10.6 Å². The smallest absolute Gasteiger partial charge is 0.128 e. The molecule has 1 aromatic rings. The largest absolute Gasteiger partial charge is 0.371 e. The van der Waals surface area contributed by atoms with E-state index in [1.165, 1.54) is 12.8 Å². The second kappa shape index (κ2) is 6.13. The lowest BCUT2D eigenvalue weighted by Crippen LogP contribution is -2.28. The Balaban J connectivity index is 2.25. The van der Waals surface area contributed by atoms with Gasteiger partial charge in [0.15, 0.2) is 0 Å². The van der Waals surface area contributed by atoms with Gasteiger partial charge in [0.05, 0.1) is 0 Å². The molecular weight excluding hydrogens is 251 g/mol. The number of anilines is 1. The molecule has 3 heteroatoms. The van der Waals surface area contributed by atoms with Gasteiger partial charge in [-0.1, -0.05) is 19.9 Å². The quantitative estimate of drug-likeness (QED) is 0.912. The average Bonchev–Trinajstić information content (AvgIpc) is 2.52. The number of nitrogens with zero attached hydrogens (tertiary/aromatic N) is 1. The van der Waals surface area contributed by atoms with Crippen LogP contribution in [0.2, 0.25) is 0 Å². The molecule has 2 nitrogen and oxygen atoms in total. The predicted octanol–water partition coefficient (Wildman–Crippen LogP) is 3.73. The summed E-state index contributed by atoms with van der Waals surface area (Å²) in [4.78, 5) is 2.34. The van der Waals surface area contributed by atoms with Gasteiger partial charge >= 0.3 is 0 Å². The first-order valence-corrected chi connectivity index (χ1v) is 7.67. The molecule has 0 amide bonds. The minimum Gasteiger partial charge on any atom is -0.371 e. The molecule has 0 bridgehead atoms. The number of hydrogen-bond acceptors (Lipinski definition) is 2. The van der Waals surface area contributed by atoms with Gasteiger partial charge in [-0.25, -0.2) is 4.39 Å². The molecule has 1 fully saturated rings. The molecule has 0 spiro atoms. The fourth-order valence-corrected chi connectivity index (χ4v) is 3.03. The monoisotopic (exact) mass is 278 g/mol. The molecule has 0 radical (unpaired) electrons. The van der Waals surface area contributed by atoms with Gasteiger partial charge in [-0.05, 0) is 50.2 Å². The number of benzene rings is 1. The molecule has 1 saturated heterocycles. The average molecular weight is 278 g/mol. The number of halogens is 1. The Hall–Kier alpha value is -1.09. The van der Waals surface area contributed by atoms with Crippen molar-refractivity contribution >= 4 is 5.69 Å². The predicted molar refractivity (Wildman–Crippen MR) is 83.6 cm³/mol. The van der Waals surface area contributed by atoms with E-state index in [2.05, 4.69) is 18.7 Å². The van der Waals surface area contributed by atoms with Crippen LogP contribution in [-0.2, 0) is 6.42 Å². The molecule has 2 N–H and O–H groups in total. The van der Waals surface area contributed by atoms with Crippen LogP contribution in [0, 0.1) is 11.2 Å². The SMILES string of the molecule is CC(N)Cc1c(F)cccc1N1CCCC(C)(C)CC1. The van der Waals surface area contributed by atoms with Crippen molar-refractivity contribution in [1.82, 2.24) is 0 Å². The highest BCUT2D eigenvalue weighted by molar-refractivity contribution is 5.54. The summed E-state index contributed by atoms with van der Waals surface area (Å²) in [6.45, 7) is 8.60. The summed E-state index contributed by atoms with van der Waals surface area (Å²) in [6, 6.07) is 5.38. The summed E-state index contributed by atoms with van der Waals surface area (Å²) in [5, 5.41) is 0. The second-order valence-electron chi connectivity index (χ2n) is 6.92. The molecule has 1 aliphatic rings. The molecule has 112 valence electrons. The third-order valence-electron chi connectivity index (χ3n) is 4.30. The molecule has 1 unspecified atom stereocenters. The van der Waals surface area contributed by atoms with Crippen LogP contribution in [0.25, 0.3) is 0 Å². The Kier molecular flexibility index (Phi) is 4.69. The fourth-order valence-electron chi connectivity index (χ4n) is 3.03. The zero-order valence-electron chi connectivity index (χ0n) is 13.0. The standard InChI is InChI=1S/C17H27FN2/c1-13(19)12-14-15(18)6-4-7-16(14)20-10-5-8-17(2,3)9-11-20/h4,6-7,13H,5,8-12,19H2,1-3H3. The highest BCUT2D eigenvalue weighted by Gasteiger charge is 2.24. The van der Waals surface area contributed by atoms with E-state index in [1.807, 2.05) is 19.1 Å². The zero-order chi connectivity index (χ0) is 14.8. The van der Waals surface area contributed by atoms with Crippen LogP contribution in [0.15, 0.2) is 18.2 Å². The first kappa shape index (κ1) is 15.3. The molecule has 0 aliphatic carbocycles. The van der Waals surface area contributed by atoms with Crippen molar-refractivity contribution in [3.8, 4) is 0 Å². The van der Waals surface area contributed by atoms with Crippen molar-refractivity contribution in [2.45, 2.75) is 52.5 Å². The molecule has 1 atom stereocenters. The lowest BCUT2D eigenvalue weighted by molar-refractivity contribution is 0.325. The van der Waals surface area contributed by atoms with Crippen molar-refractivity contribution in [3.05, 3.63) is 29.6 Å². The minimum atomic E-state index is -0.122. The first-order valence-electron chi connectivity index (χ1n) is 7.67. The van der Waals surface area contributed by atoms with Gasteiger partial charge in [-0.3, -0.25) is 0 Å². The first-order chi connectivity index (χ1) is 9.39. The van der Waals surface area contributed by atoms with Crippen molar-refractivity contribution in [2.75, 3.05) is 18.0 Å². The highest BCUT2D eigenvalue weighted by Crippen LogP contribution is 2.33. The number of hydrogen-bond donors (Lipinski definition) is 1. The van der Waals surface area contributed by atoms with Crippen molar-refractivity contribution < 1.29 is 4.39 Å². The van der Waals surface area contributed by atoms with Crippen LogP contribution < -0.4 is 10.6 Å². The van der Waals surface area contributed by atoms with Gasteiger partial charge in [0, 0.05) is 30.4 Å². The van der Waals surface area contributed by atoms with E-state index in [0.29, 0.717) is 11.8 Å². The highest BCUT2D eigenvalue weighted by atomic mass is 19.1. The Morgan fingerprint density at radius 1 is 1.30 bits per heavy atom. The summed E-state index contributed by atoms with van der Waals surface area (Å²) < 4.78 is 14.1. The van der Waals surface area contributed by atoms with E-state index < -0.39 is 0 Å². The number of rotatable bonds is 3. The molecule has 1 aliphatic heterocycles. The van der Waals surface area contributed by atoms with Crippen LogP contribution in [0.5, 0.6) is 0 Å². The van der Waals surface area contributed by atoms with Gasteiger partial charge in [-0.2, -0.15) is 0 Å². The molecule has 2 rings (SSSR count). The lowest BCUT2D eigenvalue weighted by Gasteiger charge is -2.27. The molecule has 20 heavy (non-hydrogen) atoms. The van der Waals surface area contributed by atoms with E-state index in [4.69, 9.17) is 5.73 Å². The zero-order valence-corrected chi connectivity index (χ0v) is 13.0. The summed E-state index contributed by atoms with van der Waals surface area (Å²) in [6.07, 6.45) is 4.16. The normalized spacial score (nSPS) is 20.6. The summed E-state index contributed by atoms with van der Waals surface area (Å²) in [7, 11) is 0. The Morgan fingerprint density at radius 2 is 2.05 bits per heavy atom. The Morgan fingerprint density at radius 3 is 2.75 bits per heavy atom. The van der Waals surface area contributed by atoms with E-state index in [-0.39, 0.29) is 11.9 Å². The third-order valence-corrected chi connectivity index (χ3v) is 4.30. The second-order valence-corrected chi connectivity index (χ2v) is 6.92. The van der Waals surface area contributed by atoms with E-state index in [9.17, 15) is 4.39 Å². The number of nitrogens with two attached hydrogens (primary N) is 1. The minimum absolute atomic E-state index is 0.0194. The van der Waals surface area contributed by atoms with E-state index in [1.54, 1.807) is 6.07 Å². The van der Waals surface area contributed by atoms with Crippen LogP contribution in [0.1, 0.15) is 45.6 Å². The summed E-state index contributed by atoms with van der Waals surface area (Å²) in [5.74, 6) is -0.122. The van der Waals surface area contributed by atoms with Crippen LogP contribution >= 0.6 is 0 Å². The summed E-state index contributed by atoms with van der Waals surface area (Å²) in [5.41, 5.74) is 8.09. The van der Waals surface area contributed by atoms with Gasteiger partial charge in [0.25, 0.3) is 0 Å². The van der Waals surface area contributed by atoms with Gasteiger partial charge in [0.2, 0.25) is 0 Å². The lowest BCUT2D eigenvalue weighted by atomic mass is 9.85. The van der Waals surface area contributed by atoms with Crippen LogP contribution in [0.4, 0.5) is 10.1 Å². The molecule has 0 saturated carbocycles. The van der Waals surface area contributed by atoms with Gasteiger partial charge in [0.1, 0.15) is 5.82 Å². The van der Waals surface area contributed by atoms with Crippen LogP contribution in [0.3, 0.4) is 0 Å². The Labute approximate surface area is 122 Å². The van der Waals surface area contributed by atoms with Crippen molar-refractivity contribution in [3.63, 3.8) is 0 Å². The molecule has 1 heterocycles. The van der Waals surface area contributed by atoms with E-state index in [0.717, 1.165) is 30.8 Å². The molecule has 1 aromatic carbocycles. The van der Waals surface area contributed by atoms with Crippen LogP contribution in [-0.4, -0.2) is 19.1 Å². The Bertz CT molecular complexity index is 454. The maximum absolute atomic E-state index is 14.1. The van der Waals surface area contributed by atoms with Crippen molar-refractivity contribution in [2.24, 2.45) is 11.1 Å². The van der Waals surface area contributed by atoms with Gasteiger partial charge in [-0.15, -0.1) is 0 Å². The maximum Gasteiger partial charge on any atom is 0.128 e. The molecular formula is C17H27FN2. The van der Waals surface area contributed by atoms with Crippen molar-refractivity contribution in [1.29, 1.82) is 0 Å². The van der Waals surface area contributed by atoms with E-state index >= 15 is 0 Å². The maximum atomic E-state index is 14.1.